The summed E-state index contributed by atoms with van der Waals surface area (Å²) >= 11 is 3.21. The first-order valence-electron chi connectivity index (χ1n) is 8.55. The molecular formula is C19H22N2O4S2. The minimum atomic E-state index is -0.560. The van der Waals surface area contributed by atoms with Gasteiger partial charge in [-0.05, 0) is 30.0 Å². The van der Waals surface area contributed by atoms with Crippen LogP contribution in [0.2, 0.25) is 0 Å². The van der Waals surface area contributed by atoms with Gasteiger partial charge in [0.1, 0.15) is 0 Å². The van der Waals surface area contributed by atoms with E-state index in [-0.39, 0.29) is 12.5 Å². The fourth-order valence-electron chi connectivity index (χ4n) is 2.07. The molecule has 0 saturated heterocycles. The van der Waals surface area contributed by atoms with E-state index in [1.807, 2.05) is 36.6 Å². The second kappa shape index (κ2) is 11.4. The van der Waals surface area contributed by atoms with Gasteiger partial charge in [0, 0.05) is 22.1 Å². The van der Waals surface area contributed by atoms with Gasteiger partial charge >= 0.3 is 5.97 Å². The maximum atomic E-state index is 12.3. The Morgan fingerprint density at radius 1 is 1.07 bits per heavy atom. The minimum absolute atomic E-state index is 0.135. The predicted octanol–water partition coefficient (Wildman–Crippen LogP) is 2.84. The molecule has 0 fully saturated rings. The quantitative estimate of drug-likeness (QED) is 0.468. The van der Waals surface area contributed by atoms with E-state index in [0.717, 1.165) is 17.1 Å². The molecule has 0 unspecified atom stereocenters. The van der Waals surface area contributed by atoms with Gasteiger partial charge in [0.15, 0.2) is 6.61 Å². The van der Waals surface area contributed by atoms with Crippen LogP contribution in [0, 0.1) is 0 Å². The third-order valence-electron chi connectivity index (χ3n) is 3.41. The van der Waals surface area contributed by atoms with E-state index in [1.165, 1.54) is 4.88 Å². The predicted molar refractivity (Wildman–Crippen MR) is 107 cm³/mol. The van der Waals surface area contributed by atoms with Crippen LogP contribution in [-0.4, -0.2) is 37.5 Å². The number of esters is 1. The fourth-order valence-corrected chi connectivity index (χ4v) is 3.88. The second-order valence-corrected chi connectivity index (χ2v) is 7.62. The number of hydrogen-bond acceptors (Lipinski definition) is 6. The van der Waals surface area contributed by atoms with Crippen molar-refractivity contribution in [1.82, 2.24) is 10.6 Å². The Hall–Kier alpha value is -2.32. The Morgan fingerprint density at radius 2 is 1.89 bits per heavy atom. The standard InChI is InChI=1S/C19H22N2O4S2/c1-2-9-20-17(22)11-21-18(23)12-25-19(24)15-7-3-4-8-16(15)27-13-14-6-5-10-26-14/h3-8,10H,2,9,11-13H2,1H3,(H,20,22)(H,21,23). The molecule has 2 rings (SSSR count). The highest BCUT2D eigenvalue weighted by Gasteiger charge is 2.15. The van der Waals surface area contributed by atoms with Crippen LogP contribution in [0.3, 0.4) is 0 Å². The third-order valence-corrected chi connectivity index (χ3v) is 5.59. The second-order valence-electron chi connectivity index (χ2n) is 5.57. The van der Waals surface area contributed by atoms with Crippen molar-refractivity contribution >= 4 is 40.9 Å². The van der Waals surface area contributed by atoms with Crippen LogP contribution in [0.1, 0.15) is 28.6 Å². The molecule has 0 spiro atoms. The number of ether oxygens (including phenoxy) is 1. The molecule has 6 nitrogen and oxygen atoms in total. The first kappa shape index (κ1) is 21.0. The van der Waals surface area contributed by atoms with Gasteiger partial charge in [-0.25, -0.2) is 4.79 Å². The molecule has 144 valence electrons. The van der Waals surface area contributed by atoms with E-state index in [4.69, 9.17) is 4.74 Å². The van der Waals surface area contributed by atoms with Crippen molar-refractivity contribution in [3.63, 3.8) is 0 Å². The van der Waals surface area contributed by atoms with E-state index in [0.29, 0.717) is 12.1 Å². The largest absolute Gasteiger partial charge is 0.452 e. The molecule has 27 heavy (non-hydrogen) atoms. The molecule has 0 saturated carbocycles. The van der Waals surface area contributed by atoms with Crippen LogP contribution < -0.4 is 10.6 Å². The minimum Gasteiger partial charge on any atom is -0.452 e. The number of carbonyl (C=O) groups is 3. The van der Waals surface area contributed by atoms with Crippen molar-refractivity contribution in [3.8, 4) is 0 Å². The van der Waals surface area contributed by atoms with Crippen molar-refractivity contribution < 1.29 is 19.1 Å². The smallest absolute Gasteiger partial charge is 0.339 e. The summed E-state index contributed by atoms with van der Waals surface area (Å²) in [6.45, 7) is 1.94. The summed E-state index contributed by atoms with van der Waals surface area (Å²) in [5.74, 6) is -0.588. The zero-order chi connectivity index (χ0) is 19.5. The van der Waals surface area contributed by atoms with Crippen LogP contribution in [0.4, 0.5) is 0 Å². The molecule has 0 atom stereocenters. The van der Waals surface area contributed by atoms with E-state index < -0.39 is 18.5 Å². The average Bonchev–Trinajstić information content (AvgIpc) is 3.21. The summed E-state index contributed by atoms with van der Waals surface area (Å²) in [6.07, 6.45) is 0.821. The lowest BCUT2D eigenvalue weighted by atomic mass is 10.2. The lowest BCUT2D eigenvalue weighted by Gasteiger charge is -2.09. The summed E-state index contributed by atoms with van der Waals surface area (Å²) in [7, 11) is 0. The van der Waals surface area contributed by atoms with Crippen molar-refractivity contribution in [2.24, 2.45) is 0 Å². The van der Waals surface area contributed by atoms with Crippen molar-refractivity contribution in [3.05, 3.63) is 52.2 Å². The highest BCUT2D eigenvalue weighted by molar-refractivity contribution is 7.98. The molecular weight excluding hydrogens is 384 g/mol. The molecule has 2 N–H and O–H groups in total. The van der Waals surface area contributed by atoms with Crippen LogP contribution in [0.25, 0.3) is 0 Å². The highest BCUT2D eigenvalue weighted by Crippen LogP contribution is 2.28. The number of carbonyl (C=O) groups excluding carboxylic acids is 3. The molecule has 0 aliphatic heterocycles. The lowest BCUT2D eigenvalue weighted by molar-refractivity contribution is -0.127. The number of thioether (sulfide) groups is 1. The van der Waals surface area contributed by atoms with Crippen molar-refractivity contribution in [2.75, 3.05) is 19.7 Å². The lowest BCUT2D eigenvalue weighted by Crippen LogP contribution is -2.38. The van der Waals surface area contributed by atoms with Crippen LogP contribution >= 0.6 is 23.1 Å². The topological polar surface area (TPSA) is 84.5 Å². The Kier molecular flexibility index (Phi) is 8.86. The Bertz CT molecular complexity index is 763. The average molecular weight is 407 g/mol. The van der Waals surface area contributed by atoms with Crippen molar-refractivity contribution in [2.45, 2.75) is 24.0 Å². The SMILES string of the molecule is CCCNC(=O)CNC(=O)COC(=O)c1ccccc1SCc1cccs1. The Balaban J connectivity index is 1.81. The van der Waals surface area contributed by atoms with E-state index in [9.17, 15) is 14.4 Å². The normalized spacial score (nSPS) is 10.3. The number of thiophene rings is 1. The zero-order valence-corrected chi connectivity index (χ0v) is 16.7. The van der Waals surface area contributed by atoms with Gasteiger partial charge in [-0.2, -0.15) is 0 Å². The molecule has 0 aliphatic carbocycles. The molecule has 8 heteroatoms. The molecule has 2 amide bonds. The van der Waals surface area contributed by atoms with E-state index in [1.54, 1.807) is 35.2 Å². The highest BCUT2D eigenvalue weighted by atomic mass is 32.2. The molecule has 1 heterocycles. The maximum Gasteiger partial charge on any atom is 0.339 e. The van der Waals surface area contributed by atoms with Crippen LogP contribution in [0.5, 0.6) is 0 Å². The maximum absolute atomic E-state index is 12.3. The van der Waals surface area contributed by atoms with Gasteiger partial charge in [0.25, 0.3) is 5.91 Å². The number of nitrogens with one attached hydrogen (secondary N) is 2. The first-order chi connectivity index (χ1) is 13.1. The van der Waals surface area contributed by atoms with Gasteiger partial charge in [0.05, 0.1) is 12.1 Å². The molecule has 0 aliphatic rings. The Morgan fingerprint density at radius 3 is 2.63 bits per heavy atom. The zero-order valence-electron chi connectivity index (χ0n) is 15.0. The van der Waals surface area contributed by atoms with Crippen LogP contribution in [-0.2, 0) is 20.1 Å². The summed E-state index contributed by atoms with van der Waals surface area (Å²) in [5.41, 5.74) is 0.424. The Labute approximate surface area is 166 Å². The number of rotatable bonds is 10. The van der Waals surface area contributed by atoms with Crippen LogP contribution in [0.15, 0.2) is 46.7 Å². The molecule has 1 aromatic heterocycles. The van der Waals surface area contributed by atoms with Crippen molar-refractivity contribution in [1.29, 1.82) is 0 Å². The fraction of sp³-hybridized carbons (Fsp3) is 0.316. The molecule has 0 radical (unpaired) electrons. The van der Waals surface area contributed by atoms with E-state index in [2.05, 4.69) is 10.6 Å². The summed E-state index contributed by atoms with van der Waals surface area (Å²) < 4.78 is 5.09. The monoisotopic (exact) mass is 406 g/mol. The summed E-state index contributed by atoms with van der Waals surface area (Å²) in [5, 5.41) is 7.08. The number of benzene rings is 1. The molecule has 0 bridgehead atoms. The number of hydrogen-bond donors (Lipinski definition) is 2. The van der Waals surface area contributed by atoms with Gasteiger partial charge < -0.3 is 15.4 Å². The van der Waals surface area contributed by atoms with E-state index >= 15 is 0 Å². The van der Waals surface area contributed by atoms with Gasteiger partial charge in [0.2, 0.25) is 5.91 Å². The third kappa shape index (κ3) is 7.44. The molecule has 2 aromatic rings. The summed E-state index contributed by atoms with van der Waals surface area (Å²) in [4.78, 5) is 37.5. The number of amides is 2. The summed E-state index contributed by atoms with van der Waals surface area (Å²) in [6, 6.07) is 11.2. The van der Waals surface area contributed by atoms with Gasteiger partial charge in [-0.1, -0.05) is 25.1 Å². The first-order valence-corrected chi connectivity index (χ1v) is 10.4. The molecule has 1 aromatic carbocycles. The van der Waals surface area contributed by atoms with Gasteiger partial charge in [-0.3, -0.25) is 9.59 Å². The van der Waals surface area contributed by atoms with Gasteiger partial charge in [-0.15, -0.1) is 23.1 Å².